The van der Waals surface area contributed by atoms with E-state index < -0.39 is 14.3 Å². The predicted octanol–water partition coefficient (Wildman–Crippen LogP) is 2.35. The average molecular weight is 343 g/mol. The number of nitrogens with zero attached hydrogens (tertiary/aromatic N) is 2. The van der Waals surface area contributed by atoms with Crippen LogP contribution in [0.15, 0.2) is 24.3 Å². The molecule has 7 heteroatoms. The van der Waals surface area contributed by atoms with Gasteiger partial charge in [0.25, 0.3) is 0 Å². The van der Waals surface area contributed by atoms with Crippen LogP contribution in [0.5, 0.6) is 0 Å². The number of hydrogen-bond acceptors (Lipinski definition) is 4. The SMILES string of the molecule is O=C1CC(S(=O)(=O)Cl)CN1c1cccc(N2CCCCC2)c1. The molecule has 2 aliphatic rings. The molecule has 1 aromatic carbocycles. The van der Waals surface area contributed by atoms with Crippen molar-refractivity contribution in [3.05, 3.63) is 24.3 Å². The molecule has 2 aliphatic heterocycles. The summed E-state index contributed by atoms with van der Waals surface area (Å²) < 4.78 is 22.9. The van der Waals surface area contributed by atoms with Gasteiger partial charge in [-0.05, 0) is 37.5 Å². The molecule has 0 radical (unpaired) electrons. The fourth-order valence-corrected chi connectivity index (χ4v) is 4.15. The van der Waals surface area contributed by atoms with E-state index in [0.29, 0.717) is 0 Å². The van der Waals surface area contributed by atoms with Crippen LogP contribution in [-0.4, -0.2) is 39.2 Å². The molecule has 1 aromatic rings. The highest BCUT2D eigenvalue weighted by atomic mass is 35.7. The third-order valence-electron chi connectivity index (χ3n) is 4.35. The van der Waals surface area contributed by atoms with Gasteiger partial charge in [0.2, 0.25) is 15.0 Å². The van der Waals surface area contributed by atoms with Gasteiger partial charge in [-0.3, -0.25) is 4.79 Å². The van der Waals surface area contributed by atoms with Crippen LogP contribution in [-0.2, 0) is 13.8 Å². The largest absolute Gasteiger partial charge is 0.371 e. The lowest BCUT2D eigenvalue weighted by molar-refractivity contribution is -0.117. The summed E-state index contributed by atoms with van der Waals surface area (Å²) in [6.45, 7) is 2.18. The molecule has 1 amide bonds. The van der Waals surface area contributed by atoms with Crippen LogP contribution < -0.4 is 9.80 Å². The first-order valence-electron chi connectivity index (χ1n) is 7.54. The lowest BCUT2D eigenvalue weighted by Crippen LogP contribution is -2.30. The fraction of sp³-hybridized carbons (Fsp3) is 0.533. The number of carbonyl (C=O) groups is 1. The predicted molar refractivity (Wildman–Crippen MR) is 88.0 cm³/mol. The van der Waals surface area contributed by atoms with E-state index in [1.807, 2.05) is 24.3 Å². The molecule has 2 heterocycles. The van der Waals surface area contributed by atoms with Crippen LogP contribution in [0.4, 0.5) is 11.4 Å². The molecular weight excluding hydrogens is 324 g/mol. The van der Waals surface area contributed by atoms with Crippen molar-refractivity contribution >= 4 is 37.0 Å². The van der Waals surface area contributed by atoms with Gasteiger partial charge < -0.3 is 9.80 Å². The van der Waals surface area contributed by atoms with Crippen LogP contribution in [0, 0.1) is 0 Å². The van der Waals surface area contributed by atoms with Gasteiger partial charge in [-0.1, -0.05) is 6.07 Å². The van der Waals surface area contributed by atoms with Gasteiger partial charge in [-0.25, -0.2) is 8.42 Å². The van der Waals surface area contributed by atoms with E-state index in [-0.39, 0.29) is 18.9 Å². The third-order valence-corrected chi connectivity index (χ3v) is 6.22. The van der Waals surface area contributed by atoms with E-state index >= 15 is 0 Å². The van der Waals surface area contributed by atoms with E-state index in [1.165, 1.54) is 24.2 Å². The van der Waals surface area contributed by atoms with Crippen LogP contribution in [0.3, 0.4) is 0 Å². The normalized spacial score (nSPS) is 23.1. The molecule has 0 spiro atoms. The molecule has 0 saturated carbocycles. The molecule has 0 aliphatic carbocycles. The zero-order valence-corrected chi connectivity index (χ0v) is 13.8. The number of rotatable bonds is 3. The Kier molecular flexibility index (Phi) is 4.32. The zero-order chi connectivity index (χ0) is 15.7. The molecule has 1 unspecified atom stereocenters. The number of carbonyl (C=O) groups excluding carboxylic acids is 1. The Morgan fingerprint density at radius 3 is 2.41 bits per heavy atom. The topological polar surface area (TPSA) is 57.7 Å². The highest BCUT2D eigenvalue weighted by Crippen LogP contribution is 2.30. The Balaban J connectivity index is 1.81. The smallest absolute Gasteiger partial charge is 0.237 e. The first-order valence-corrected chi connectivity index (χ1v) is 9.91. The number of amides is 1. The standard InChI is InChI=1S/C15H19ClN2O3S/c16-22(20,21)14-10-15(19)18(11-14)13-6-4-5-12(9-13)17-7-2-1-3-8-17/h4-6,9,14H,1-3,7-8,10-11H2. The van der Waals surface area contributed by atoms with Gasteiger partial charge >= 0.3 is 0 Å². The van der Waals surface area contributed by atoms with Crippen LogP contribution in [0.25, 0.3) is 0 Å². The number of benzene rings is 1. The van der Waals surface area contributed by atoms with Gasteiger partial charge in [-0.15, -0.1) is 0 Å². The Hall–Kier alpha value is -1.27. The van der Waals surface area contributed by atoms with E-state index in [0.717, 1.165) is 24.5 Å². The molecule has 2 saturated heterocycles. The molecule has 0 N–H and O–H groups in total. The summed E-state index contributed by atoms with van der Waals surface area (Å²) in [5.41, 5.74) is 1.83. The van der Waals surface area contributed by atoms with Gasteiger partial charge in [0.05, 0.1) is 0 Å². The first-order chi connectivity index (χ1) is 10.4. The van der Waals surface area contributed by atoms with E-state index in [1.54, 1.807) is 0 Å². The summed E-state index contributed by atoms with van der Waals surface area (Å²) in [6.07, 6.45) is 3.58. The summed E-state index contributed by atoms with van der Waals surface area (Å²) >= 11 is 0. The maximum Gasteiger partial charge on any atom is 0.237 e. The lowest BCUT2D eigenvalue weighted by atomic mass is 10.1. The van der Waals surface area contributed by atoms with Crippen molar-refractivity contribution in [2.75, 3.05) is 29.4 Å². The first kappa shape index (κ1) is 15.6. The highest BCUT2D eigenvalue weighted by molar-refractivity contribution is 8.14. The molecule has 0 bridgehead atoms. The molecule has 2 fully saturated rings. The van der Waals surface area contributed by atoms with Gasteiger partial charge in [0.1, 0.15) is 5.25 Å². The molecule has 5 nitrogen and oxygen atoms in total. The summed E-state index contributed by atoms with van der Waals surface area (Å²) in [7, 11) is 1.69. The summed E-state index contributed by atoms with van der Waals surface area (Å²) in [5, 5.41) is -0.819. The average Bonchev–Trinajstić information content (AvgIpc) is 2.90. The van der Waals surface area contributed by atoms with E-state index in [9.17, 15) is 13.2 Å². The number of piperidine rings is 1. The van der Waals surface area contributed by atoms with Gasteiger partial charge in [0, 0.05) is 48.1 Å². The van der Waals surface area contributed by atoms with Crippen molar-refractivity contribution in [1.82, 2.24) is 0 Å². The Morgan fingerprint density at radius 2 is 1.77 bits per heavy atom. The van der Waals surface area contributed by atoms with Gasteiger partial charge in [0.15, 0.2) is 0 Å². The monoisotopic (exact) mass is 342 g/mol. The number of halogens is 1. The highest BCUT2D eigenvalue weighted by Gasteiger charge is 2.38. The molecule has 120 valence electrons. The van der Waals surface area contributed by atoms with Crippen LogP contribution >= 0.6 is 10.7 Å². The van der Waals surface area contributed by atoms with E-state index in [4.69, 9.17) is 10.7 Å². The molecule has 1 atom stereocenters. The quantitative estimate of drug-likeness (QED) is 0.791. The Labute approximate surface area is 135 Å². The third kappa shape index (κ3) is 3.22. The summed E-state index contributed by atoms with van der Waals surface area (Å²) in [5.74, 6) is -0.190. The Morgan fingerprint density at radius 1 is 1.09 bits per heavy atom. The maximum absolute atomic E-state index is 12.1. The molecule has 22 heavy (non-hydrogen) atoms. The van der Waals surface area contributed by atoms with Crippen molar-refractivity contribution < 1.29 is 13.2 Å². The molecular formula is C15H19ClN2O3S. The van der Waals surface area contributed by atoms with Crippen LogP contribution in [0.1, 0.15) is 25.7 Å². The molecule has 0 aromatic heterocycles. The van der Waals surface area contributed by atoms with Crippen molar-refractivity contribution in [2.45, 2.75) is 30.9 Å². The maximum atomic E-state index is 12.1. The van der Waals surface area contributed by atoms with E-state index in [2.05, 4.69) is 4.90 Å². The summed E-state index contributed by atoms with van der Waals surface area (Å²) in [6, 6.07) is 7.75. The minimum Gasteiger partial charge on any atom is -0.371 e. The second-order valence-electron chi connectivity index (χ2n) is 5.87. The second-order valence-corrected chi connectivity index (χ2v) is 8.78. The number of hydrogen-bond donors (Lipinski definition) is 0. The zero-order valence-electron chi connectivity index (χ0n) is 12.2. The van der Waals surface area contributed by atoms with Crippen molar-refractivity contribution in [1.29, 1.82) is 0 Å². The minimum atomic E-state index is -3.71. The molecule has 3 rings (SSSR count). The van der Waals surface area contributed by atoms with Gasteiger partial charge in [-0.2, -0.15) is 0 Å². The lowest BCUT2D eigenvalue weighted by Gasteiger charge is -2.29. The van der Waals surface area contributed by atoms with Crippen molar-refractivity contribution in [2.24, 2.45) is 0 Å². The minimum absolute atomic E-state index is 0.0419. The number of anilines is 2. The second kappa shape index (κ2) is 6.08. The summed E-state index contributed by atoms with van der Waals surface area (Å²) in [4.78, 5) is 15.9. The fourth-order valence-electron chi connectivity index (χ4n) is 3.12. The Bertz CT molecular complexity index is 671. The van der Waals surface area contributed by atoms with Crippen molar-refractivity contribution in [3.8, 4) is 0 Å². The van der Waals surface area contributed by atoms with Crippen LogP contribution in [0.2, 0.25) is 0 Å². The van der Waals surface area contributed by atoms with Crippen molar-refractivity contribution in [3.63, 3.8) is 0 Å².